The zero-order chi connectivity index (χ0) is 12.3. The van der Waals surface area contributed by atoms with Gasteiger partial charge in [0.15, 0.2) is 0 Å². The first-order valence-corrected chi connectivity index (χ1v) is 5.94. The molecule has 17 heavy (non-hydrogen) atoms. The highest BCUT2D eigenvalue weighted by Crippen LogP contribution is 2.32. The molecule has 0 aliphatic carbocycles. The van der Waals surface area contributed by atoms with Crippen LogP contribution in [0.15, 0.2) is 30.6 Å². The average Bonchev–Trinajstić information content (AvgIpc) is 2.33. The lowest BCUT2D eigenvalue weighted by Crippen LogP contribution is -2.03. The minimum Gasteiger partial charge on any atom is -0.376 e. The number of rotatable bonds is 3. The van der Waals surface area contributed by atoms with Crippen molar-refractivity contribution in [2.75, 3.05) is 5.32 Å². The molecule has 2 aromatic rings. The van der Waals surface area contributed by atoms with Crippen molar-refractivity contribution >= 4 is 40.5 Å². The summed E-state index contributed by atoms with van der Waals surface area (Å²) >= 11 is 17.8. The molecule has 88 valence electrons. The molecule has 0 bridgehead atoms. The number of hydrogen-bond donors (Lipinski definition) is 1. The molecule has 0 saturated heterocycles. The summed E-state index contributed by atoms with van der Waals surface area (Å²) in [4.78, 5) is 8.18. The standard InChI is InChI=1S/C11H8Cl3N3/c12-7-4-9(14)10(5-8(7)13)17-6-11-15-2-1-3-16-11/h1-5,17H,6H2. The first-order valence-electron chi connectivity index (χ1n) is 4.81. The quantitative estimate of drug-likeness (QED) is 0.866. The normalized spacial score (nSPS) is 10.3. The van der Waals surface area contributed by atoms with E-state index in [1.807, 2.05) is 0 Å². The van der Waals surface area contributed by atoms with E-state index in [2.05, 4.69) is 15.3 Å². The number of anilines is 1. The highest BCUT2D eigenvalue weighted by Gasteiger charge is 2.06. The van der Waals surface area contributed by atoms with Gasteiger partial charge in [-0.25, -0.2) is 9.97 Å². The van der Waals surface area contributed by atoms with Crippen LogP contribution in [0.3, 0.4) is 0 Å². The second kappa shape index (κ2) is 5.54. The monoisotopic (exact) mass is 287 g/mol. The molecule has 1 aromatic carbocycles. The average molecular weight is 289 g/mol. The molecule has 2 rings (SSSR count). The van der Waals surface area contributed by atoms with Gasteiger partial charge in [0.2, 0.25) is 0 Å². The maximum atomic E-state index is 6.02. The molecule has 1 aromatic heterocycles. The maximum absolute atomic E-state index is 6.02. The van der Waals surface area contributed by atoms with Gasteiger partial charge in [0.25, 0.3) is 0 Å². The molecular formula is C11H8Cl3N3. The Balaban J connectivity index is 2.12. The van der Waals surface area contributed by atoms with Gasteiger partial charge in [0, 0.05) is 12.4 Å². The summed E-state index contributed by atoms with van der Waals surface area (Å²) in [6.45, 7) is 0.471. The van der Waals surface area contributed by atoms with Crippen molar-refractivity contribution in [1.82, 2.24) is 9.97 Å². The highest BCUT2D eigenvalue weighted by molar-refractivity contribution is 6.44. The van der Waals surface area contributed by atoms with Crippen LogP contribution in [0.1, 0.15) is 5.82 Å². The van der Waals surface area contributed by atoms with Crippen molar-refractivity contribution in [3.63, 3.8) is 0 Å². The Hall–Kier alpha value is -1.03. The third-order valence-electron chi connectivity index (χ3n) is 2.07. The zero-order valence-electron chi connectivity index (χ0n) is 8.62. The third kappa shape index (κ3) is 3.22. The minimum absolute atomic E-state index is 0.429. The van der Waals surface area contributed by atoms with Crippen molar-refractivity contribution < 1.29 is 0 Å². The Morgan fingerprint density at radius 1 is 0.941 bits per heavy atom. The number of hydrogen-bond acceptors (Lipinski definition) is 3. The van der Waals surface area contributed by atoms with Crippen LogP contribution < -0.4 is 5.32 Å². The van der Waals surface area contributed by atoms with E-state index in [-0.39, 0.29) is 0 Å². The SMILES string of the molecule is Clc1cc(Cl)c(NCc2ncccn2)cc1Cl. The Bertz CT molecular complexity index is 517. The Kier molecular flexibility index (Phi) is 4.05. The lowest BCUT2D eigenvalue weighted by molar-refractivity contribution is 0.948. The van der Waals surface area contributed by atoms with Crippen molar-refractivity contribution in [2.24, 2.45) is 0 Å². The van der Waals surface area contributed by atoms with Gasteiger partial charge in [0.05, 0.1) is 27.3 Å². The number of nitrogens with one attached hydrogen (secondary N) is 1. The molecule has 0 unspecified atom stereocenters. The molecule has 0 spiro atoms. The van der Waals surface area contributed by atoms with E-state index in [1.165, 1.54) is 0 Å². The first kappa shape index (κ1) is 12.4. The van der Waals surface area contributed by atoms with Crippen molar-refractivity contribution in [3.05, 3.63) is 51.5 Å². The van der Waals surface area contributed by atoms with Crippen molar-refractivity contribution in [1.29, 1.82) is 0 Å². The fourth-order valence-electron chi connectivity index (χ4n) is 1.25. The molecule has 0 atom stereocenters. The first-order chi connectivity index (χ1) is 8.16. The Morgan fingerprint density at radius 3 is 2.29 bits per heavy atom. The van der Waals surface area contributed by atoms with Gasteiger partial charge in [-0.2, -0.15) is 0 Å². The molecule has 0 amide bonds. The molecule has 0 fully saturated rings. The number of aromatic nitrogens is 2. The molecular weight excluding hydrogens is 281 g/mol. The molecule has 1 N–H and O–H groups in total. The summed E-state index contributed by atoms with van der Waals surface area (Å²) < 4.78 is 0. The van der Waals surface area contributed by atoms with Crippen molar-refractivity contribution in [2.45, 2.75) is 6.54 Å². The predicted molar refractivity (Wildman–Crippen MR) is 70.8 cm³/mol. The summed E-state index contributed by atoms with van der Waals surface area (Å²) in [7, 11) is 0. The summed E-state index contributed by atoms with van der Waals surface area (Å²) in [6.07, 6.45) is 3.36. The molecule has 0 aliphatic rings. The number of nitrogens with zero attached hydrogens (tertiary/aromatic N) is 2. The Labute approximate surface area is 114 Å². The van der Waals surface area contributed by atoms with Crippen molar-refractivity contribution in [3.8, 4) is 0 Å². The molecule has 0 radical (unpaired) electrons. The second-order valence-electron chi connectivity index (χ2n) is 3.26. The topological polar surface area (TPSA) is 37.8 Å². The van der Waals surface area contributed by atoms with Crippen LogP contribution in [0.25, 0.3) is 0 Å². The van der Waals surface area contributed by atoms with Gasteiger partial charge < -0.3 is 5.32 Å². The van der Waals surface area contributed by atoms with Crippen LogP contribution in [-0.2, 0) is 6.54 Å². The summed E-state index contributed by atoms with van der Waals surface area (Å²) in [6, 6.07) is 5.03. The minimum atomic E-state index is 0.429. The van der Waals surface area contributed by atoms with E-state index >= 15 is 0 Å². The van der Waals surface area contributed by atoms with Crippen LogP contribution in [0.5, 0.6) is 0 Å². The largest absolute Gasteiger partial charge is 0.376 e. The number of halogens is 3. The predicted octanol–water partition coefficient (Wildman–Crippen LogP) is 4.05. The third-order valence-corrected chi connectivity index (χ3v) is 3.10. The van der Waals surface area contributed by atoms with E-state index in [0.29, 0.717) is 33.1 Å². The Morgan fingerprint density at radius 2 is 1.59 bits per heavy atom. The van der Waals surface area contributed by atoms with Gasteiger partial charge in [-0.1, -0.05) is 34.8 Å². The highest BCUT2D eigenvalue weighted by atomic mass is 35.5. The van der Waals surface area contributed by atoms with Crippen LogP contribution in [0, 0.1) is 0 Å². The fraction of sp³-hybridized carbons (Fsp3) is 0.0909. The summed E-state index contributed by atoms with van der Waals surface area (Å²) in [5.41, 5.74) is 0.702. The molecule has 0 aliphatic heterocycles. The molecule has 1 heterocycles. The van der Waals surface area contributed by atoms with Crippen LogP contribution >= 0.6 is 34.8 Å². The smallest absolute Gasteiger partial charge is 0.147 e. The van der Waals surface area contributed by atoms with Crippen LogP contribution in [-0.4, -0.2) is 9.97 Å². The van der Waals surface area contributed by atoms with Crippen LogP contribution in [0.2, 0.25) is 15.1 Å². The van der Waals surface area contributed by atoms with Crippen LogP contribution in [0.4, 0.5) is 5.69 Å². The second-order valence-corrected chi connectivity index (χ2v) is 4.49. The molecule has 0 saturated carbocycles. The van der Waals surface area contributed by atoms with Gasteiger partial charge in [-0.15, -0.1) is 0 Å². The van der Waals surface area contributed by atoms with Gasteiger partial charge in [-0.05, 0) is 18.2 Å². The van der Waals surface area contributed by atoms with Gasteiger partial charge in [0.1, 0.15) is 5.82 Å². The lowest BCUT2D eigenvalue weighted by atomic mass is 10.3. The van der Waals surface area contributed by atoms with E-state index < -0.39 is 0 Å². The summed E-state index contributed by atoms with van der Waals surface area (Å²) in [5, 5.41) is 4.49. The lowest BCUT2D eigenvalue weighted by Gasteiger charge is -2.08. The summed E-state index contributed by atoms with van der Waals surface area (Å²) in [5.74, 6) is 0.676. The number of benzene rings is 1. The fourth-order valence-corrected chi connectivity index (χ4v) is 1.87. The molecule has 6 heteroatoms. The van der Waals surface area contributed by atoms with E-state index in [1.54, 1.807) is 30.6 Å². The van der Waals surface area contributed by atoms with E-state index in [9.17, 15) is 0 Å². The van der Waals surface area contributed by atoms with E-state index in [0.717, 1.165) is 0 Å². The van der Waals surface area contributed by atoms with E-state index in [4.69, 9.17) is 34.8 Å². The van der Waals surface area contributed by atoms with Gasteiger partial charge in [-0.3, -0.25) is 0 Å². The van der Waals surface area contributed by atoms with Gasteiger partial charge >= 0.3 is 0 Å². The zero-order valence-corrected chi connectivity index (χ0v) is 10.9. The molecule has 3 nitrogen and oxygen atoms in total. The maximum Gasteiger partial charge on any atom is 0.147 e.